The minimum Gasteiger partial charge on any atom is -0.257 e. The van der Waals surface area contributed by atoms with Crippen LogP contribution in [0.1, 0.15) is 50.3 Å². The Morgan fingerprint density at radius 2 is 2.09 bits per heavy atom. The Kier molecular flexibility index (Phi) is 8.70. The molecule has 0 saturated carbocycles. The lowest BCUT2D eigenvalue weighted by Gasteiger charge is -2.11. The molecule has 0 fully saturated rings. The van der Waals surface area contributed by atoms with Gasteiger partial charge in [0.25, 0.3) is 0 Å². The lowest BCUT2D eigenvalue weighted by molar-refractivity contribution is 0.895. The second-order valence-electron chi connectivity index (χ2n) is 5.27. The number of unbranched alkanes of at least 4 members (excludes halogenated alkanes) is 1. The van der Waals surface area contributed by atoms with Gasteiger partial charge in [-0.1, -0.05) is 52.8 Å². The first-order valence-electron chi connectivity index (χ1n) is 7.99. The van der Waals surface area contributed by atoms with Gasteiger partial charge in [0, 0.05) is 11.8 Å². The van der Waals surface area contributed by atoms with Crippen molar-refractivity contribution in [2.24, 2.45) is 4.99 Å². The van der Waals surface area contributed by atoms with Crippen LogP contribution < -0.4 is 0 Å². The number of hydrogen-bond acceptors (Lipinski definition) is 1. The van der Waals surface area contributed by atoms with E-state index in [1.807, 2.05) is 38.3 Å². The molecule has 1 aromatic carbocycles. The molecule has 2 heteroatoms. The molecule has 0 radical (unpaired) electrons. The van der Waals surface area contributed by atoms with E-state index in [1.165, 1.54) is 35.4 Å². The van der Waals surface area contributed by atoms with Crippen LogP contribution in [0.5, 0.6) is 0 Å². The summed E-state index contributed by atoms with van der Waals surface area (Å²) in [6.07, 6.45) is 11.6. The van der Waals surface area contributed by atoms with Crippen LogP contribution in [0.2, 0.25) is 0 Å². The number of aliphatic imine (C=N–C) groups is 1. The van der Waals surface area contributed by atoms with E-state index in [0.717, 1.165) is 19.8 Å². The van der Waals surface area contributed by atoms with E-state index < -0.39 is 0 Å². The van der Waals surface area contributed by atoms with Gasteiger partial charge in [0.15, 0.2) is 0 Å². The summed E-state index contributed by atoms with van der Waals surface area (Å²) < 4.78 is 0. The third-order valence-electron chi connectivity index (χ3n) is 3.48. The molecule has 0 N–H and O–H groups in total. The molecule has 0 spiro atoms. The molecule has 0 saturated heterocycles. The van der Waals surface area contributed by atoms with Crippen molar-refractivity contribution in [3.05, 3.63) is 59.7 Å². The van der Waals surface area contributed by atoms with E-state index in [-0.39, 0.29) is 0 Å². The smallest absolute Gasteiger partial charge is 0.0659 e. The number of hydrogen-bond donors (Lipinski definition) is 0. The molecule has 0 amide bonds. The summed E-state index contributed by atoms with van der Waals surface area (Å²) in [5, 5.41) is 1.27. The van der Waals surface area contributed by atoms with E-state index >= 15 is 0 Å². The Morgan fingerprint density at radius 3 is 2.68 bits per heavy atom. The van der Waals surface area contributed by atoms with Crippen molar-refractivity contribution in [1.82, 2.24) is 0 Å². The first kappa shape index (κ1) is 18.6. The molecule has 0 aromatic heterocycles. The zero-order valence-electron chi connectivity index (χ0n) is 14.3. The van der Waals surface area contributed by atoms with Crippen LogP contribution in [0.15, 0.2) is 48.0 Å². The van der Waals surface area contributed by atoms with Crippen LogP contribution in [0.3, 0.4) is 0 Å². The Balaban J connectivity index is 2.90. The average molecular weight is 313 g/mol. The topological polar surface area (TPSA) is 12.4 Å². The monoisotopic (exact) mass is 313 g/mol. The maximum absolute atomic E-state index is 4.51. The Bertz CT molecular complexity index is 579. The molecule has 1 unspecified atom stereocenters. The normalized spacial score (nSPS) is 13.0. The summed E-state index contributed by atoms with van der Waals surface area (Å²) in [5.41, 5.74) is 4.75. The van der Waals surface area contributed by atoms with Gasteiger partial charge in [0.2, 0.25) is 0 Å². The fourth-order valence-electron chi connectivity index (χ4n) is 2.20. The first-order valence-corrected chi connectivity index (χ1v) is 9.20. The van der Waals surface area contributed by atoms with E-state index in [2.05, 4.69) is 43.6 Å². The Morgan fingerprint density at radius 1 is 1.32 bits per heavy atom. The lowest BCUT2D eigenvalue weighted by Crippen LogP contribution is -1.89. The van der Waals surface area contributed by atoms with Crippen molar-refractivity contribution >= 4 is 25.8 Å². The molecule has 1 nitrogen and oxygen atoms in total. The number of benzene rings is 1. The minimum atomic E-state index is 0.831. The minimum absolute atomic E-state index is 0.831. The number of rotatable bonds is 8. The van der Waals surface area contributed by atoms with Crippen molar-refractivity contribution in [3.8, 4) is 0 Å². The average Bonchev–Trinajstić information content (AvgIpc) is 2.51. The molecule has 0 bridgehead atoms. The van der Waals surface area contributed by atoms with Crippen LogP contribution in [-0.2, 0) is 0 Å². The van der Waals surface area contributed by atoms with Crippen molar-refractivity contribution < 1.29 is 0 Å². The van der Waals surface area contributed by atoms with Crippen LogP contribution in [0, 0.1) is 6.92 Å². The lowest BCUT2D eigenvalue weighted by atomic mass is 10.0. The molecule has 0 aliphatic carbocycles. The van der Waals surface area contributed by atoms with Crippen molar-refractivity contribution in [2.45, 2.75) is 40.5 Å². The SMILES string of the molecule is C=C(PCCCC)c1ccc(C(=C\C)/N=C/C=C\C)cc1C. The van der Waals surface area contributed by atoms with Crippen molar-refractivity contribution in [2.75, 3.05) is 6.16 Å². The molecule has 1 aromatic rings. The maximum Gasteiger partial charge on any atom is 0.0659 e. The highest BCUT2D eigenvalue weighted by molar-refractivity contribution is 7.50. The third kappa shape index (κ3) is 5.73. The van der Waals surface area contributed by atoms with Gasteiger partial charge < -0.3 is 0 Å². The Labute approximate surface area is 137 Å². The van der Waals surface area contributed by atoms with Crippen LogP contribution in [0.25, 0.3) is 11.0 Å². The molecule has 0 aliphatic heterocycles. The molecular formula is C20H28NP. The van der Waals surface area contributed by atoms with Gasteiger partial charge in [-0.15, -0.1) is 0 Å². The summed E-state index contributed by atoms with van der Waals surface area (Å²) in [6, 6.07) is 6.56. The van der Waals surface area contributed by atoms with Gasteiger partial charge in [-0.05, 0) is 61.9 Å². The zero-order valence-corrected chi connectivity index (χ0v) is 15.3. The van der Waals surface area contributed by atoms with Crippen LogP contribution >= 0.6 is 8.58 Å². The van der Waals surface area contributed by atoms with Gasteiger partial charge >= 0.3 is 0 Å². The summed E-state index contributed by atoms with van der Waals surface area (Å²) >= 11 is 0. The highest BCUT2D eigenvalue weighted by atomic mass is 31.1. The van der Waals surface area contributed by atoms with Crippen molar-refractivity contribution in [1.29, 1.82) is 0 Å². The molecule has 1 atom stereocenters. The van der Waals surface area contributed by atoms with Crippen molar-refractivity contribution in [3.63, 3.8) is 0 Å². The van der Waals surface area contributed by atoms with Crippen LogP contribution in [-0.4, -0.2) is 12.4 Å². The predicted molar refractivity (Wildman–Crippen MR) is 105 cm³/mol. The quantitative estimate of drug-likeness (QED) is 0.297. The second-order valence-corrected chi connectivity index (χ2v) is 6.72. The van der Waals surface area contributed by atoms with Gasteiger partial charge in [0.05, 0.1) is 5.70 Å². The number of nitrogens with zero attached hydrogens (tertiary/aromatic N) is 1. The molecule has 0 heterocycles. The summed E-state index contributed by atoms with van der Waals surface area (Å²) in [4.78, 5) is 4.51. The summed E-state index contributed by atoms with van der Waals surface area (Å²) in [5.74, 6) is 0. The van der Waals surface area contributed by atoms with Gasteiger partial charge in [0.1, 0.15) is 0 Å². The fraction of sp³-hybridized carbons (Fsp3) is 0.350. The van der Waals surface area contributed by atoms with E-state index in [0.29, 0.717) is 0 Å². The zero-order chi connectivity index (χ0) is 16.4. The standard InChI is InChI=1S/C20H28NP/c1-6-9-13-21-20(8-3)18-11-12-19(16(4)15-18)17(5)22-14-10-7-2/h6,8-9,11-13,15,22H,5,7,10,14H2,1-4H3/b9-6-,20-8+,21-13+. The van der Waals surface area contributed by atoms with Crippen LogP contribution in [0.4, 0.5) is 0 Å². The first-order chi connectivity index (χ1) is 10.6. The fourth-order valence-corrected chi connectivity index (χ4v) is 3.50. The summed E-state index contributed by atoms with van der Waals surface area (Å²) in [7, 11) is 0.831. The molecule has 118 valence electrons. The highest BCUT2D eigenvalue weighted by Crippen LogP contribution is 2.35. The third-order valence-corrected chi connectivity index (χ3v) is 4.78. The van der Waals surface area contributed by atoms with Gasteiger partial charge in [-0.2, -0.15) is 0 Å². The molecule has 0 aliphatic rings. The number of allylic oxidation sites excluding steroid dienone is 3. The largest absolute Gasteiger partial charge is 0.257 e. The molecule has 22 heavy (non-hydrogen) atoms. The Hall–Kier alpha value is -1.46. The summed E-state index contributed by atoms with van der Waals surface area (Å²) in [6.45, 7) is 12.7. The van der Waals surface area contributed by atoms with E-state index in [9.17, 15) is 0 Å². The van der Waals surface area contributed by atoms with Gasteiger partial charge in [-0.25, -0.2) is 0 Å². The molecular weight excluding hydrogens is 285 g/mol. The van der Waals surface area contributed by atoms with Gasteiger partial charge in [-0.3, -0.25) is 4.99 Å². The second kappa shape index (κ2) is 10.3. The highest BCUT2D eigenvalue weighted by Gasteiger charge is 2.06. The van der Waals surface area contributed by atoms with E-state index in [4.69, 9.17) is 0 Å². The molecule has 1 rings (SSSR count). The number of aryl methyl sites for hydroxylation is 1. The predicted octanol–water partition coefficient (Wildman–Crippen LogP) is 6.45. The van der Waals surface area contributed by atoms with E-state index in [1.54, 1.807) is 0 Å². The maximum atomic E-state index is 4.51.